The van der Waals surface area contributed by atoms with Gasteiger partial charge < -0.3 is 5.32 Å². The molecule has 0 radical (unpaired) electrons. The Kier molecular flexibility index (Phi) is 4.86. The minimum Gasteiger partial charge on any atom is -0.365 e. The molecule has 0 unspecified atom stereocenters. The third kappa shape index (κ3) is 3.37. The maximum absolute atomic E-state index is 14.5. The van der Waals surface area contributed by atoms with E-state index < -0.39 is 17.2 Å². The first-order valence-corrected chi connectivity index (χ1v) is 10.1. The minimum atomic E-state index is -0.809. The lowest BCUT2D eigenvalue weighted by Crippen LogP contribution is -2.23. The molecule has 0 saturated heterocycles. The van der Waals surface area contributed by atoms with Gasteiger partial charge in [-0.25, -0.2) is 13.8 Å². The van der Waals surface area contributed by atoms with E-state index in [1.807, 2.05) is 30.3 Å². The van der Waals surface area contributed by atoms with Crippen molar-refractivity contribution in [3.63, 3.8) is 0 Å². The van der Waals surface area contributed by atoms with Crippen LogP contribution >= 0.6 is 0 Å². The number of hydrogen-bond donors (Lipinski definition) is 1. The summed E-state index contributed by atoms with van der Waals surface area (Å²) >= 11 is 0. The molecule has 5 nitrogen and oxygen atoms in total. The van der Waals surface area contributed by atoms with E-state index in [0.717, 1.165) is 28.6 Å². The zero-order valence-corrected chi connectivity index (χ0v) is 17.1. The molecular formula is C25H18F2N4O. The van der Waals surface area contributed by atoms with Crippen LogP contribution in [0, 0.1) is 18.6 Å². The third-order valence-corrected chi connectivity index (χ3v) is 5.45. The fourth-order valence-corrected chi connectivity index (χ4v) is 3.97. The molecule has 5 rings (SSSR count). The van der Waals surface area contributed by atoms with Crippen molar-refractivity contribution in [1.82, 2.24) is 14.5 Å². The molecule has 0 aliphatic heterocycles. The van der Waals surface area contributed by atoms with Crippen LogP contribution in [0.15, 0.2) is 77.9 Å². The van der Waals surface area contributed by atoms with E-state index in [2.05, 4.69) is 15.3 Å². The maximum atomic E-state index is 14.5. The number of hydrogen-bond acceptors (Lipinski definition) is 4. The zero-order chi connectivity index (χ0) is 22.2. The summed E-state index contributed by atoms with van der Waals surface area (Å²) in [6.45, 7) is 2.13. The molecule has 2 aromatic carbocycles. The highest BCUT2D eigenvalue weighted by molar-refractivity contribution is 5.92. The second kappa shape index (κ2) is 7.85. The molecule has 0 aliphatic rings. The Bertz CT molecular complexity index is 1540. The number of para-hydroxylation sites is 1. The lowest BCUT2D eigenvalue weighted by Gasteiger charge is -2.15. The summed E-state index contributed by atoms with van der Waals surface area (Å²) in [6.07, 6.45) is 3.36. The summed E-state index contributed by atoms with van der Waals surface area (Å²) < 4.78 is 29.1. The molecule has 1 N–H and O–H groups in total. The van der Waals surface area contributed by atoms with E-state index >= 15 is 0 Å². The predicted molar refractivity (Wildman–Crippen MR) is 121 cm³/mol. The second-order valence-electron chi connectivity index (χ2n) is 7.49. The first-order chi connectivity index (χ1) is 15.5. The highest BCUT2D eigenvalue weighted by Crippen LogP contribution is 2.23. The fourth-order valence-electron chi connectivity index (χ4n) is 3.97. The summed E-state index contributed by atoms with van der Waals surface area (Å²) in [6, 6.07) is 16.4. The van der Waals surface area contributed by atoms with E-state index in [9.17, 15) is 13.6 Å². The van der Waals surface area contributed by atoms with Crippen molar-refractivity contribution in [2.75, 3.05) is 5.32 Å². The van der Waals surface area contributed by atoms with Gasteiger partial charge >= 0.3 is 0 Å². The van der Waals surface area contributed by atoms with Crippen LogP contribution < -0.4 is 10.9 Å². The average Bonchev–Trinajstić information content (AvgIpc) is 2.78. The van der Waals surface area contributed by atoms with E-state index in [4.69, 9.17) is 0 Å². The second-order valence-corrected chi connectivity index (χ2v) is 7.49. The number of rotatable bonds is 4. The molecule has 7 heteroatoms. The van der Waals surface area contributed by atoms with E-state index in [1.165, 1.54) is 10.6 Å². The van der Waals surface area contributed by atoms with Gasteiger partial charge in [-0.05, 0) is 54.3 Å². The van der Waals surface area contributed by atoms with Crippen molar-refractivity contribution >= 4 is 27.5 Å². The van der Waals surface area contributed by atoms with Crippen LogP contribution in [0.2, 0.25) is 0 Å². The quantitative estimate of drug-likeness (QED) is 0.431. The highest BCUT2D eigenvalue weighted by Gasteiger charge is 2.16. The van der Waals surface area contributed by atoms with Gasteiger partial charge in [0.15, 0.2) is 0 Å². The smallest absolute Gasteiger partial charge is 0.267 e. The molecule has 5 aromatic rings. The van der Waals surface area contributed by atoms with Gasteiger partial charge in [-0.1, -0.05) is 18.2 Å². The summed E-state index contributed by atoms with van der Waals surface area (Å²) in [7, 11) is 0. The van der Waals surface area contributed by atoms with Gasteiger partial charge in [0.1, 0.15) is 17.5 Å². The number of benzene rings is 2. The Morgan fingerprint density at radius 3 is 2.62 bits per heavy atom. The molecule has 3 heterocycles. The maximum Gasteiger partial charge on any atom is 0.267 e. The van der Waals surface area contributed by atoms with E-state index in [1.54, 1.807) is 31.5 Å². The van der Waals surface area contributed by atoms with Crippen LogP contribution in [0.25, 0.3) is 27.4 Å². The van der Waals surface area contributed by atoms with Crippen LogP contribution in [0.3, 0.4) is 0 Å². The molecule has 0 saturated carbocycles. The number of anilines is 1. The minimum absolute atomic E-state index is 0.00858. The first kappa shape index (κ1) is 19.8. The molecule has 0 fully saturated rings. The SMILES string of the molecule is Cc1cc2ccnc(NCc3ccnc4ccccc34)c2c(=O)n1-c1ccc(F)cc1F. The molecule has 0 bridgehead atoms. The van der Waals surface area contributed by atoms with Gasteiger partial charge in [-0.2, -0.15) is 0 Å². The molecule has 0 aliphatic carbocycles. The van der Waals surface area contributed by atoms with Gasteiger partial charge in [-0.3, -0.25) is 14.3 Å². The predicted octanol–water partition coefficient (Wildman–Crippen LogP) is 5.13. The van der Waals surface area contributed by atoms with Crippen molar-refractivity contribution in [1.29, 1.82) is 0 Å². The topological polar surface area (TPSA) is 59.8 Å². The van der Waals surface area contributed by atoms with Gasteiger partial charge in [0, 0.05) is 36.1 Å². The van der Waals surface area contributed by atoms with Crippen molar-refractivity contribution in [2.24, 2.45) is 0 Å². The number of fused-ring (bicyclic) bond motifs is 2. The van der Waals surface area contributed by atoms with E-state index in [-0.39, 0.29) is 5.69 Å². The number of pyridine rings is 3. The summed E-state index contributed by atoms with van der Waals surface area (Å²) in [5.74, 6) is -1.12. The summed E-state index contributed by atoms with van der Waals surface area (Å²) in [4.78, 5) is 22.2. The molecule has 0 atom stereocenters. The monoisotopic (exact) mass is 428 g/mol. The molecule has 158 valence electrons. The van der Waals surface area contributed by atoms with Crippen molar-refractivity contribution < 1.29 is 8.78 Å². The largest absolute Gasteiger partial charge is 0.365 e. The Morgan fingerprint density at radius 1 is 0.969 bits per heavy atom. The standard InChI is InChI=1S/C25H18F2N4O/c1-15-12-16-8-11-29-24(30-14-17-9-10-28-21-5-3-2-4-19(17)21)23(16)25(32)31(15)22-7-6-18(26)13-20(22)27/h2-13H,14H2,1H3,(H,29,30). The molecule has 0 spiro atoms. The zero-order valence-electron chi connectivity index (χ0n) is 17.1. The van der Waals surface area contributed by atoms with Crippen LogP contribution in [0.4, 0.5) is 14.6 Å². The normalized spacial score (nSPS) is 11.2. The number of halogens is 2. The molecule has 3 aromatic heterocycles. The van der Waals surface area contributed by atoms with Crippen LogP contribution in [0.1, 0.15) is 11.3 Å². The third-order valence-electron chi connectivity index (χ3n) is 5.45. The number of aryl methyl sites for hydroxylation is 1. The molecule has 32 heavy (non-hydrogen) atoms. The van der Waals surface area contributed by atoms with Gasteiger partial charge in [0.2, 0.25) is 0 Å². The highest BCUT2D eigenvalue weighted by atomic mass is 19.1. The van der Waals surface area contributed by atoms with Crippen molar-refractivity contribution in [3.05, 3.63) is 106 Å². The number of nitrogens with one attached hydrogen (secondary N) is 1. The van der Waals surface area contributed by atoms with Crippen molar-refractivity contribution in [3.8, 4) is 5.69 Å². The molecular weight excluding hydrogens is 410 g/mol. The average molecular weight is 428 g/mol. The first-order valence-electron chi connectivity index (χ1n) is 10.1. The van der Waals surface area contributed by atoms with Crippen LogP contribution in [0.5, 0.6) is 0 Å². The summed E-state index contributed by atoms with van der Waals surface area (Å²) in [5, 5.41) is 5.27. The van der Waals surface area contributed by atoms with Crippen LogP contribution in [-0.4, -0.2) is 14.5 Å². The molecule has 0 amide bonds. The Morgan fingerprint density at radius 2 is 1.78 bits per heavy atom. The summed E-state index contributed by atoms with van der Waals surface area (Å²) in [5.41, 5.74) is 1.98. The van der Waals surface area contributed by atoms with Crippen LogP contribution in [-0.2, 0) is 6.54 Å². The van der Waals surface area contributed by atoms with E-state index in [0.29, 0.717) is 28.8 Å². The van der Waals surface area contributed by atoms with Gasteiger partial charge in [0.25, 0.3) is 5.56 Å². The lowest BCUT2D eigenvalue weighted by atomic mass is 10.1. The fraction of sp³-hybridized carbons (Fsp3) is 0.0800. The Hall–Kier alpha value is -4.13. The van der Waals surface area contributed by atoms with Crippen molar-refractivity contribution in [2.45, 2.75) is 13.5 Å². The lowest BCUT2D eigenvalue weighted by molar-refractivity contribution is 0.576. The number of nitrogens with zero attached hydrogens (tertiary/aromatic N) is 3. The number of aromatic nitrogens is 3. The Labute approximate surface area is 182 Å². The van der Waals surface area contributed by atoms with Gasteiger partial charge in [0.05, 0.1) is 16.6 Å². The Balaban J connectivity index is 1.62. The van der Waals surface area contributed by atoms with Gasteiger partial charge in [-0.15, -0.1) is 0 Å².